The van der Waals surface area contributed by atoms with Crippen molar-refractivity contribution in [3.05, 3.63) is 94.5 Å². The summed E-state index contributed by atoms with van der Waals surface area (Å²) >= 11 is 1.08. The number of rotatable bonds is 3. The van der Waals surface area contributed by atoms with Crippen molar-refractivity contribution in [2.75, 3.05) is 0 Å². The maximum atomic E-state index is 13.0. The van der Waals surface area contributed by atoms with Crippen LogP contribution in [0.25, 0.3) is 0 Å². The van der Waals surface area contributed by atoms with Crippen LogP contribution in [-0.4, -0.2) is 18.7 Å². The monoisotopic (exact) mass is 372 g/mol. The van der Waals surface area contributed by atoms with Gasteiger partial charge in [-0.15, -0.1) is 0 Å². The largest absolute Gasteiger partial charge is 0.506 e. The Kier molecular flexibility index (Phi) is 3.97. The molecule has 130 valence electrons. The fraction of sp³-hybridized carbons (Fsp3) is 0.0476. The molecule has 6 heteroatoms. The summed E-state index contributed by atoms with van der Waals surface area (Å²) in [5, 5.41) is 0. The molecule has 4 nitrogen and oxygen atoms in total. The van der Waals surface area contributed by atoms with Gasteiger partial charge in [-0.3, -0.25) is 9.59 Å². The normalized spacial score (nSPS) is 14.7. The van der Waals surface area contributed by atoms with Crippen LogP contribution in [0.5, 0.6) is 0 Å². The number of ketones is 2. The van der Waals surface area contributed by atoms with Gasteiger partial charge in [0, 0.05) is 39.2 Å². The Hall–Kier alpha value is -2.67. The van der Waals surface area contributed by atoms with Crippen molar-refractivity contribution in [2.45, 2.75) is 11.5 Å². The second-order valence-electron chi connectivity index (χ2n) is 6.40. The molecule has 5 rings (SSSR count). The summed E-state index contributed by atoms with van der Waals surface area (Å²) in [6.07, 6.45) is 0. The van der Waals surface area contributed by atoms with Crippen molar-refractivity contribution in [1.82, 2.24) is 0 Å². The molecule has 0 saturated carbocycles. The zero-order valence-corrected chi connectivity index (χ0v) is 15.0. The van der Waals surface area contributed by atoms with Gasteiger partial charge in [0.2, 0.25) is 0 Å². The summed E-state index contributed by atoms with van der Waals surface area (Å²) in [4.78, 5) is 26.4. The van der Waals surface area contributed by atoms with Crippen molar-refractivity contribution in [3.8, 4) is 0 Å². The lowest BCUT2D eigenvalue weighted by molar-refractivity contribution is 0.0977. The molecule has 0 radical (unpaired) electrons. The Morgan fingerprint density at radius 1 is 0.815 bits per heavy atom. The first kappa shape index (κ1) is 16.5. The minimum Gasteiger partial charge on any atom is -0.403 e. The zero-order valence-electron chi connectivity index (χ0n) is 14.2. The van der Waals surface area contributed by atoms with Gasteiger partial charge in [0.1, 0.15) is 0 Å². The van der Waals surface area contributed by atoms with Crippen LogP contribution in [0, 0.1) is 0 Å². The number of fused-ring (bicyclic) bond motifs is 3. The first-order valence-corrected chi connectivity index (χ1v) is 9.32. The van der Waals surface area contributed by atoms with E-state index in [4.69, 9.17) is 8.75 Å². The molecule has 0 spiro atoms. The van der Waals surface area contributed by atoms with Crippen LogP contribution in [0.2, 0.25) is 0 Å². The Morgan fingerprint density at radius 3 is 2.37 bits per heavy atom. The van der Waals surface area contributed by atoms with E-state index >= 15 is 0 Å². The Bertz CT molecular complexity index is 1100. The molecule has 1 heterocycles. The summed E-state index contributed by atoms with van der Waals surface area (Å²) in [7, 11) is -0.497. The molecule has 0 bridgehead atoms. The van der Waals surface area contributed by atoms with Crippen molar-refractivity contribution in [3.63, 3.8) is 0 Å². The third kappa shape index (κ3) is 2.65. The van der Waals surface area contributed by atoms with E-state index in [2.05, 4.69) is 0 Å². The summed E-state index contributed by atoms with van der Waals surface area (Å²) in [5.74, 6) is -0.287. The van der Waals surface area contributed by atoms with Gasteiger partial charge in [0.05, 0.1) is 6.61 Å². The van der Waals surface area contributed by atoms with E-state index in [1.807, 2.05) is 24.3 Å². The van der Waals surface area contributed by atoms with Crippen molar-refractivity contribution >= 4 is 36.2 Å². The highest BCUT2D eigenvalue weighted by molar-refractivity contribution is 7.95. The van der Waals surface area contributed by atoms with E-state index < -0.39 is 7.12 Å². The quantitative estimate of drug-likeness (QED) is 0.408. The average Bonchev–Trinajstić information content (AvgIpc) is 3.13. The molecule has 27 heavy (non-hydrogen) atoms. The minimum absolute atomic E-state index is 0.134. The molecule has 0 aromatic heterocycles. The topological polar surface area (TPSA) is 52.6 Å². The molecule has 3 aromatic rings. The lowest BCUT2D eigenvalue weighted by Gasteiger charge is -2.19. The fourth-order valence-corrected chi connectivity index (χ4v) is 4.28. The smallest absolute Gasteiger partial charge is 0.403 e. The number of hydrogen-bond acceptors (Lipinski definition) is 5. The van der Waals surface area contributed by atoms with E-state index in [1.165, 1.54) is 0 Å². The molecule has 0 atom stereocenters. The van der Waals surface area contributed by atoms with Gasteiger partial charge < -0.3 is 8.75 Å². The van der Waals surface area contributed by atoms with E-state index in [0.29, 0.717) is 33.8 Å². The molecular formula is C21H13BO4S. The predicted octanol–water partition coefficient (Wildman–Crippen LogP) is 3.41. The Labute approximate surface area is 160 Å². The van der Waals surface area contributed by atoms with Gasteiger partial charge in [0.15, 0.2) is 11.6 Å². The van der Waals surface area contributed by atoms with Gasteiger partial charge in [-0.25, -0.2) is 0 Å². The maximum absolute atomic E-state index is 13.0. The first-order chi connectivity index (χ1) is 13.2. The summed E-state index contributed by atoms with van der Waals surface area (Å²) < 4.78 is 11.6. The van der Waals surface area contributed by atoms with E-state index in [9.17, 15) is 9.59 Å². The predicted molar refractivity (Wildman–Crippen MR) is 103 cm³/mol. The number of carbonyl (C=O) groups is 2. The van der Waals surface area contributed by atoms with Crippen LogP contribution in [0.4, 0.5) is 0 Å². The molecule has 1 aliphatic carbocycles. The molecule has 1 aliphatic heterocycles. The average molecular weight is 372 g/mol. The Balaban J connectivity index is 1.48. The summed E-state index contributed by atoms with van der Waals surface area (Å²) in [6, 6.07) is 20.1. The second-order valence-corrected chi connectivity index (χ2v) is 7.20. The van der Waals surface area contributed by atoms with Gasteiger partial charge >= 0.3 is 7.12 Å². The first-order valence-electron chi connectivity index (χ1n) is 8.58. The lowest BCUT2D eigenvalue weighted by Crippen LogP contribution is -2.30. The maximum Gasteiger partial charge on any atom is 0.506 e. The molecule has 0 fully saturated rings. The van der Waals surface area contributed by atoms with Crippen molar-refractivity contribution < 1.29 is 18.3 Å². The molecular weight excluding hydrogens is 359 g/mol. The highest BCUT2D eigenvalue weighted by Crippen LogP contribution is 2.35. The number of hydrogen-bond donors (Lipinski definition) is 0. The number of benzene rings is 3. The van der Waals surface area contributed by atoms with E-state index in [0.717, 1.165) is 23.1 Å². The lowest BCUT2D eigenvalue weighted by atomic mass is 9.80. The highest BCUT2D eigenvalue weighted by atomic mass is 32.2. The Morgan fingerprint density at radius 2 is 1.52 bits per heavy atom. The summed E-state index contributed by atoms with van der Waals surface area (Å²) in [5.41, 5.74) is 3.79. The van der Waals surface area contributed by atoms with Crippen LogP contribution < -0.4 is 5.46 Å². The molecule has 2 aliphatic rings. The van der Waals surface area contributed by atoms with Crippen LogP contribution in [0.3, 0.4) is 0 Å². The molecule has 0 amide bonds. The highest BCUT2D eigenvalue weighted by Gasteiger charge is 2.34. The van der Waals surface area contributed by atoms with Crippen LogP contribution >= 0.6 is 12.0 Å². The van der Waals surface area contributed by atoms with Gasteiger partial charge in [-0.05, 0) is 17.1 Å². The third-order valence-corrected chi connectivity index (χ3v) is 5.63. The molecule has 0 saturated heterocycles. The number of carbonyl (C=O) groups excluding carboxylic acids is 2. The van der Waals surface area contributed by atoms with Crippen LogP contribution in [-0.2, 0) is 15.4 Å². The molecule has 0 unspecified atom stereocenters. The molecule has 3 aromatic carbocycles. The SMILES string of the molecule is O=C1c2ccccc2C(=O)c2c(SOB3OCc4ccccc43)cccc21. The fourth-order valence-electron chi connectivity index (χ4n) is 3.51. The van der Waals surface area contributed by atoms with E-state index in [-0.39, 0.29) is 11.6 Å². The second kappa shape index (κ2) is 6.49. The van der Waals surface area contributed by atoms with Crippen LogP contribution in [0.15, 0.2) is 71.6 Å². The molecule has 0 N–H and O–H groups in total. The van der Waals surface area contributed by atoms with E-state index in [1.54, 1.807) is 42.5 Å². The van der Waals surface area contributed by atoms with Crippen LogP contribution in [0.1, 0.15) is 37.4 Å². The van der Waals surface area contributed by atoms with Gasteiger partial charge in [-0.1, -0.05) is 60.7 Å². The van der Waals surface area contributed by atoms with Gasteiger partial charge in [0.25, 0.3) is 0 Å². The van der Waals surface area contributed by atoms with Crippen molar-refractivity contribution in [1.29, 1.82) is 0 Å². The zero-order chi connectivity index (χ0) is 18.4. The summed E-state index contributed by atoms with van der Waals surface area (Å²) in [6.45, 7) is 0.499. The van der Waals surface area contributed by atoms with Crippen molar-refractivity contribution in [2.24, 2.45) is 0 Å². The minimum atomic E-state index is -0.497. The standard InChI is InChI=1S/C21H13BO4S/c23-20-14-7-2-3-8-15(14)21(24)19-16(20)9-5-11-18(19)27-26-22-17-10-4-1-6-13(17)12-25-22/h1-11H,12H2. The van der Waals surface area contributed by atoms with Gasteiger partial charge in [-0.2, -0.15) is 0 Å². The third-order valence-electron chi connectivity index (χ3n) is 4.84.